The Labute approximate surface area is 225 Å². The third kappa shape index (κ3) is 5.69. The van der Waals surface area contributed by atoms with E-state index in [-0.39, 0.29) is 17.9 Å². The van der Waals surface area contributed by atoms with Crippen molar-refractivity contribution >= 4 is 11.8 Å². The van der Waals surface area contributed by atoms with Gasteiger partial charge in [-0.2, -0.15) is 10.2 Å². The van der Waals surface area contributed by atoms with Crippen LogP contribution in [0, 0.1) is 24.5 Å². The van der Waals surface area contributed by atoms with E-state index in [1.54, 1.807) is 21.6 Å². The van der Waals surface area contributed by atoms with E-state index < -0.39 is 11.6 Å². The maximum absolute atomic E-state index is 14.0. The van der Waals surface area contributed by atoms with E-state index in [4.69, 9.17) is 10.8 Å². The molecule has 11 heteroatoms. The zero-order valence-electron chi connectivity index (χ0n) is 21.9. The molecule has 1 fully saturated rings. The van der Waals surface area contributed by atoms with Crippen LogP contribution < -0.4 is 16.4 Å². The minimum absolute atomic E-state index is 0.00162. The molecule has 2 aromatic heterocycles. The van der Waals surface area contributed by atoms with Crippen LogP contribution in [0.25, 0.3) is 16.9 Å². The molecule has 2 atom stereocenters. The summed E-state index contributed by atoms with van der Waals surface area (Å²) in [7, 11) is 1.84. The normalized spacial score (nSPS) is 17.5. The Morgan fingerprint density at radius 1 is 1.13 bits per heavy atom. The summed E-state index contributed by atoms with van der Waals surface area (Å²) in [4.78, 5) is 15.4. The number of hydrogen-bond donors (Lipinski definition) is 3. The van der Waals surface area contributed by atoms with Crippen molar-refractivity contribution in [3.05, 3.63) is 83.7 Å². The highest BCUT2D eigenvalue weighted by molar-refractivity contribution is 5.90. The van der Waals surface area contributed by atoms with Crippen molar-refractivity contribution in [2.45, 2.75) is 12.8 Å². The highest BCUT2D eigenvalue weighted by atomic mass is 19.2. The molecule has 0 bridgehead atoms. The maximum atomic E-state index is 14.0. The van der Waals surface area contributed by atoms with E-state index in [1.807, 2.05) is 50.5 Å². The number of para-hydroxylation sites is 1. The second kappa shape index (κ2) is 11.3. The van der Waals surface area contributed by atoms with Crippen LogP contribution in [0.4, 0.5) is 19.4 Å². The Morgan fingerprint density at radius 3 is 2.62 bits per heavy atom. The molecule has 0 unspecified atom stereocenters. The molecule has 0 spiro atoms. The molecule has 4 aromatic rings. The van der Waals surface area contributed by atoms with E-state index in [2.05, 4.69) is 20.6 Å². The number of nitrogens with zero attached hydrogens (tertiary/aromatic N) is 5. The van der Waals surface area contributed by atoms with Crippen molar-refractivity contribution in [1.82, 2.24) is 29.8 Å². The molecule has 1 aliphatic heterocycles. The highest BCUT2D eigenvalue weighted by Crippen LogP contribution is 2.33. The number of benzene rings is 2. The molecular formula is C28H32F2N8O. The molecule has 1 saturated heterocycles. The number of aromatic nitrogens is 4. The van der Waals surface area contributed by atoms with Gasteiger partial charge in [0.15, 0.2) is 11.6 Å². The maximum Gasteiger partial charge on any atom is 0.320 e. The number of carbonyl (C=O) groups excluding carboxylic acids is 1. The van der Waals surface area contributed by atoms with Gasteiger partial charge in [0.05, 0.1) is 11.9 Å². The Kier molecular flexibility index (Phi) is 7.71. The van der Waals surface area contributed by atoms with Crippen LogP contribution in [-0.2, 0) is 7.05 Å². The van der Waals surface area contributed by atoms with Crippen molar-refractivity contribution in [2.75, 3.05) is 38.0 Å². The number of halogens is 2. The van der Waals surface area contributed by atoms with E-state index in [9.17, 15) is 13.6 Å². The van der Waals surface area contributed by atoms with Gasteiger partial charge in [-0.25, -0.2) is 18.3 Å². The lowest BCUT2D eigenvalue weighted by Crippen LogP contribution is -2.36. The van der Waals surface area contributed by atoms with Gasteiger partial charge in [0.2, 0.25) is 0 Å². The topological polar surface area (TPSA) is 106 Å². The quantitative estimate of drug-likeness (QED) is 0.320. The summed E-state index contributed by atoms with van der Waals surface area (Å²) in [5.41, 5.74) is 9.64. The van der Waals surface area contributed by atoms with Gasteiger partial charge in [-0.05, 0) is 42.7 Å². The molecule has 2 aromatic carbocycles. The smallest absolute Gasteiger partial charge is 0.320 e. The predicted octanol–water partition coefficient (Wildman–Crippen LogP) is 3.66. The van der Waals surface area contributed by atoms with Crippen LogP contribution in [0.15, 0.2) is 60.9 Å². The Balaban J connectivity index is 1.35. The number of rotatable bonds is 8. The molecule has 4 N–H and O–H groups in total. The van der Waals surface area contributed by atoms with Gasteiger partial charge in [0, 0.05) is 63.0 Å². The molecule has 39 heavy (non-hydrogen) atoms. The monoisotopic (exact) mass is 534 g/mol. The molecule has 5 rings (SSSR count). The van der Waals surface area contributed by atoms with Gasteiger partial charge in [-0.1, -0.05) is 24.3 Å². The second-order valence-electron chi connectivity index (χ2n) is 9.90. The fraction of sp³-hybridized carbons (Fsp3) is 0.321. The lowest BCUT2D eigenvalue weighted by molar-refractivity contribution is 0.249. The fourth-order valence-electron chi connectivity index (χ4n) is 5.25. The zero-order chi connectivity index (χ0) is 27.5. The number of carbonyl (C=O) groups is 1. The van der Waals surface area contributed by atoms with Crippen molar-refractivity contribution in [3.63, 3.8) is 0 Å². The SMILES string of the molecule is Cc1c(-c2cnn(C)c2)nn(-c2ccccc2)c1NC(=O)NC[C@@H]1CN(CCN)C[C@H]1c1ccc(F)c(F)c1. The van der Waals surface area contributed by atoms with Crippen molar-refractivity contribution in [2.24, 2.45) is 18.7 Å². The van der Waals surface area contributed by atoms with E-state index in [0.717, 1.165) is 22.9 Å². The highest BCUT2D eigenvalue weighted by Gasteiger charge is 2.34. The van der Waals surface area contributed by atoms with Crippen molar-refractivity contribution in [3.8, 4) is 16.9 Å². The Hall–Kier alpha value is -4.09. The lowest BCUT2D eigenvalue weighted by atomic mass is 9.89. The fourth-order valence-corrected chi connectivity index (χ4v) is 5.25. The number of nitrogens with two attached hydrogens (primary N) is 1. The van der Waals surface area contributed by atoms with Crippen LogP contribution in [0.5, 0.6) is 0 Å². The summed E-state index contributed by atoms with van der Waals surface area (Å²) >= 11 is 0. The van der Waals surface area contributed by atoms with Gasteiger partial charge in [0.25, 0.3) is 0 Å². The average Bonchev–Trinajstić information content (AvgIpc) is 3.63. The number of aryl methyl sites for hydroxylation is 1. The van der Waals surface area contributed by atoms with E-state index in [1.165, 1.54) is 6.07 Å². The number of nitrogens with one attached hydrogen (secondary N) is 2. The third-order valence-corrected chi connectivity index (χ3v) is 7.19. The Bertz CT molecular complexity index is 1450. The first kappa shape index (κ1) is 26.5. The summed E-state index contributed by atoms with van der Waals surface area (Å²) in [6.45, 7) is 4.79. The molecule has 2 amide bonds. The Morgan fingerprint density at radius 2 is 1.92 bits per heavy atom. The van der Waals surface area contributed by atoms with Gasteiger partial charge >= 0.3 is 6.03 Å². The largest absolute Gasteiger partial charge is 0.337 e. The standard InChI is InChI=1S/C28H32F2N8O/c1-18-26(21-14-33-36(2)15-21)35-38(22-6-4-3-5-7-22)27(18)34-28(39)32-13-20-16-37(11-10-31)17-23(20)19-8-9-24(29)25(30)12-19/h3-9,12,14-15,20,23H,10-11,13,16-17,31H2,1-2H3,(H2,32,34,39)/t20-,23+/m1/s1. The van der Waals surface area contributed by atoms with Crippen LogP contribution in [0.1, 0.15) is 17.0 Å². The third-order valence-electron chi connectivity index (χ3n) is 7.19. The number of amides is 2. The molecule has 1 aliphatic rings. The van der Waals surface area contributed by atoms with E-state index in [0.29, 0.717) is 49.8 Å². The summed E-state index contributed by atoms with van der Waals surface area (Å²) in [6, 6.07) is 13.2. The molecule has 204 valence electrons. The minimum Gasteiger partial charge on any atom is -0.337 e. The molecular weight excluding hydrogens is 502 g/mol. The first-order chi connectivity index (χ1) is 18.8. The number of hydrogen-bond acceptors (Lipinski definition) is 5. The average molecular weight is 535 g/mol. The van der Waals surface area contributed by atoms with Crippen LogP contribution in [0.2, 0.25) is 0 Å². The molecule has 0 aliphatic carbocycles. The summed E-state index contributed by atoms with van der Waals surface area (Å²) in [6.07, 6.45) is 3.61. The van der Waals surface area contributed by atoms with Crippen LogP contribution >= 0.6 is 0 Å². The second-order valence-corrected chi connectivity index (χ2v) is 9.90. The molecule has 0 saturated carbocycles. The first-order valence-corrected chi connectivity index (χ1v) is 12.9. The van der Waals surface area contributed by atoms with Gasteiger partial charge in [-0.3, -0.25) is 10.00 Å². The number of likely N-dealkylation sites (tertiary alicyclic amines) is 1. The summed E-state index contributed by atoms with van der Waals surface area (Å²) < 4.78 is 31.0. The van der Waals surface area contributed by atoms with Crippen molar-refractivity contribution in [1.29, 1.82) is 0 Å². The summed E-state index contributed by atoms with van der Waals surface area (Å²) in [5.74, 6) is -1.27. The lowest BCUT2D eigenvalue weighted by Gasteiger charge is -2.20. The van der Waals surface area contributed by atoms with Crippen LogP contribution in [-0.4, -0.2) is 63.2 Å². The zero-order valence-corrected chi connectivity index (χ0v) is 21.9. The molecule has 3 heterocycles. The minimum atomic E-state index is -0.874. The predicted molar refractivity (Wildman–Crippen MR) is 146 cm³/mol. The van der Waals surface area contributed by atoms with Gasteiger partial charge < -0.3 is 16.0 Å². The first-order valence-electron chi connectivity index (χ1n) is 12.9. The van der Waals surface area contributed by atoms with Gasteiger partial charge in [0.1, 0.15) is 11.5 Å². The number of anilines is 1. The molecule has 9 nitrogen and oxygen atoms in total. The van der Waals surface area contributed by atoms with E-state index >= 15 is 0 Å². The molecule has 0 radical (unpaired) electrons. The van der Waals surface area contributed by atoms with Crippen molar-refractivity contribution < 1.29 is 13.6 Å². The van der Waals surface area contributed by atoms with Gasteiger partial charge in [-0.15, -0.1) is 0 Å². The number of urea groups is 1. The summed E-state index contributed by atoms with van der Waals surface area (Å²) in [5, 5.41) is 15.0. The van der Waals surface area contributed by atoms with Crippen LogP contribution in [0.3, 0.4) is 0 Å².